The van der Waals surface area contributed by atoms with E-state index in [1.807, 2.05) is 26.8 Å². The van der Waals surface area contributed by atoms with Gasteiger partial charge in [0.2, 0.25) is 0 Å². The predicted octanol–water partition coefficient (Wildman–Crippen LogP) is 2.65. The molecule has 2 aromatic rings. The lowest BCUT2D eigenvalue weighted by Gasteiger charge is -2.22. The summed E-state index contributed by atoms with van der Waals surface area (Å²) in [6, 6.07) is 10.5. The zero-order valence-electron chi connectivity index (χ0n) is 11.9. The Morgan fingerprint density at radius 3 is 2.74 bits per heavy atom. The standard InChI is InChI=1S/C16H22N2O/c1-12-4-6-14-8-13(5-7-15(14)18-12)9-17-10-16(2,3)11-19/h4-8,17,19H,9-11H2,1-3H3. The molecule has 1 aromatic heterocycles. The summed E-state index contributed by atoms with van der Waals surface area (Å²) in [6.07, 6.45) is 0. The van der Waals surface area contributed by atoms with Crippen molar-refractivity contribution in [2.45, 2.75) is 27.3 Å². The third-order valence-electron chi connectivity index (χ3n) is 3.25. The molecule has 0 spiro atoms. The minimum atomic E-state index is -0.0739. The molecule has 0 amide bonds. The lowest BCUT2D eigenvalue weighted by Crippen LogP contribution is -2.31. The number of aryl methyl sites for hydroxylation is 1. The van der Waals surface area contributed by atoms with Gasteiger partial charge in [0.05, 0.1) is 5.52 Å². The molecule has 0 atom stereocenters. The Morgan fingerprint density at radius 1 is 1.21 bits per heavy atom. The van der Waals surface area contributed by atoms with Crippen molar-refractivity contribution in [2.75, 3.05) is 13.2 Å². The quantitative estimate of drug-likeness (QED) is 0.866. The van der Waals surface area contributed by atoms with Crippen molar-refractivity contribution in [1.82, 2.24) is 10.3 Å². The van der Waals surface area contributed by atoms with Crippen LogP contribution in [0.25, 0.3) is 10.9 Å². The summed E-state index contributed by atoms with van der Waals surface area (Å²) in [7, 11) is 0. The molecule has 0 aliphatic carbocycles. The molecule has 0 aliphatic heterocycles. The van der Waals surface area contributed by atoms with Crippen molar-refractivity contribution in [3.63, 3.8) is 0 Å². The van der Waals surface area contributed by atoms with Crippen LogP contribution in [-0.4, -0.2) is 23.2 Å². The summed E-state index contributed by atoms with van der Waals surface area (Å²) in [5, 5.41) is 13.8. The summed E-state index contributed by atoms with van der Waals surface area (Å²) in [5.74, 6) is 0. The van der Waals surface area contributed by atoms with Crippen LogP contribution in [0.15, 0.2) is 30.3 Å². The van der Waals surface area contributed by atoms with E-state index >= 15 is 0 Å². The molecule has 0 saturated heterocycles. The number of nitrogens with zero attached hydrogens (tertiary/aromatic N) is 1. The minimum Gasteiger partial charge on any atom is -0.396 e. The van der Waals surface area contributed by atoms with E-state index in [0.717, 1.165) is 24.3 Å². The van der Waals surface area contributed by atoms with Gasteiger partial charge in [0.15, 0.2) is 0 Å². The van der Waals surface area contributed by atoms with Crippen LogP contribution in [-0.2, 0) is 6.54 Å². The Hall–Kier alpha value is -1.45. The zero-order chi connectivity index (χ0) is 13.9. The van der Waals surface area contributed by atoms with Crippen molar-refractivity contribution in [3.8, 4) is 0 Å². The fraction of sp³-hybridized carbons (Fsp3) is 0.438. The first kappa shape index (κ1) is 14.0. The van der Waals surface area contributed by atoms with Crippen LogP contribution in [0.5, 0.6) is 0 Å². The molecule has 0 saturated carbocycles. The third kappa shape index (κ3) is 3.75. The minimum absolute atomic E-state index is 0.0739. The van der Waals surface area contributed by atoms with Crippen LogP contribution in [0, 0.1) is 12.3 Å². The highest BCUT2D eigenvalue weighted by Crippen LogP contribution is 2.16. The van der Waals surface area contributed by atoms with Gasteiger partial charge in [-0.3, -0.25) is 4.98 Å². The first-order valence-electron chi connectivity index (χ1n) is 6.68. The third-order valence-corrected chi connectivity index (χ3v) is 3.25. The zero-order valence-corrected chi connectivity index (χ0v) is 11.9. The van der Waals surface area contributed by atoms with E-state index < -0.39 is 0 Å². The molecule has 1 aromatic carbocycles. The molecule has 0 unspecified atom stereocenters. The summed E-state index contributed by atoms with van der Waals surface area (Å²) in [5.41, 5.74) is 3.25. The molecule has 2 rings (SSSR count). The van der Waals surface area contributed by atoms with Gasteiger partial charge in [0.1, 0.15) is 0 Å². The summed E-state index contributed by atoms with van der Waals surface area (Å²) < 4.78 is 0. The molecule has 102 valence electrons. The van der Waals surface area contributed by atoms with Crippen molar-refractivity contribution >= 4 is 10.9 Å². The van der Waals surface area contributed by atoms with E-state index in [0.29, 0.717) is 0 Å². The average Bonchev–Trinajstić information content (AvgIpc) is 2.39. The second-order valence-electron chi connectivity index (χ2n) is 5.91. The largest absolute Gasteiger partial charge is 0.396 e. The van der Waals surface area contributed by atoms with Crippen molar-refractivity contribution in [2.24, 2.45) is 5.41 Å². The number of hydrogen-bond donors (Lipinski definition) is 2. The molecule has 3 nitrogen and oxygen atoms in total. The molecule has 0 radical (unpaired) electrons. The Balaban J connectivity index is 2.04. The predicted molar refractivity (Wildman–Crippen MR) is 79.1 cm³/mol. The number of aliphatic hydroxyl groups is 1. The van der Waals surface area contributed by atoms with Crippen LogP contribution in [0.2, 0.25) is 0 Å². The summed E-state index contributed by atoms with van der Waals surface area (Å²) in [6.45, 7) is 7.91. The molecule has 0 aliphatic rings. The van der Waals surface area contributed by atoms with E-state index in [9.17, 15) is 5.11 Å². The number of hydrogen-bond acceptors (Lipinski definition) is 3. The summed E-state index contributed by atoms with van der Waals surface area (Å²) >= 11 is 0. The lowest BCUT2D eigenvalue weighted by molar-refractivity contribution is 0.156. The number of fused-ring (bicyclic) bond motifs is 1. The van der Waals surface area contributed by atoms with E-state index in [-0.39, 0.29) is 12.0 Å². The average molecular weight is 258 g/mol. The molecule has 2 N–H and O–H groups in total. The monoisotopic (exact) mass is 258 g/mol. The summed E-state index contributed by atoms with van der Waals surface area (Å²) in [4.78, 5) is 4.50. The topological polar surface area (TPSA) is 45.1 Å². The second kappa shape index (κ2) is 5.68. The number of rotatable bonds is 5. The molecule has 19 heavy (non-hydrogen) atoms. The molecule has 1 heterocycles. The maximum absolute atomic E-state index is 9.21. The van der Waals surface area contributed by atoms with Crippen molar-refractivity contribution in [3.05, 3.63) is 41.6 Å². The fourth-order valence-corrected chi connectivity index (χ4v) is 1.99. The Kier molecular flexibility index (Phi) is 4.17. The van der Waals surface area contributed by atoms with E-state index in [1.54, 1.807) is 0 Å². The number of aliphatic hydroxyl groups excluding tert-OH is 1. The normalized spacial score (nSPS) is 12.0. The van der Waals surface area contributed by atoms with Gasteiger partial charge in [-0.2, -0.15) is 0 Å². The molecule has 3 heteroatoms. The number of benzene rings is 1. The first-order valence-corrected chi connectivity index (χ1v) is 6.68. The van der Waals surface area contributed by atoms with E-state index in [1.165, 1.54) is 10.9 Å². The number of pyridine rings is 1. The van der Waals surface area contributed by atoms with Gasteiger partial charge in [0.25, 0.3) is 0 Å². The highest BCUT2D eigenvalue weighted by molar-refractivity contribution is 5.79. The van der Waals surface area contributed by atoms with Gasteiger partial charge >= 0.3 is 0 Å². The second-order valence-corrected chi connectivity index (χ2v) is 5.91. The Morgan fingerprint density at radius 2 is 2.00 bits per heavy atom. The van der Waals surface area contributed by atoms with Gasteiger partial charge < -0.3 is 10.4 Å². The van der Waals surface area contributed by atoms with Crippen LogP contribution in [0.4, 0.5) is 0 Å². The van der Waals surface area contributed by atoms with Crippen LogP contribution >= 0.6 is 0 Å². The maximum atomic E-state index is 9.21. The van der Waals surface area contributed by atoms with Gasteiger partial charge in [0, 0.05) is 36.2 Å². The maximum Gasteiger partial charge on any atom is 0.0705 e. The van der Waals surface area contributed by atoms with Crippen LogP contribution in [0.3, 0.4) is 0 Å². The van der Waals surface area contributed by atoms with E-state index in [2.05, 4.69) is 34.6 Å². The molecule has 0 fully saturated rings. The number of nitrogens with one attached hydrogen (secondary N) is 1. The molecule has 0 bridgehead atoms. The van der Waals surface area contributed by atoms with E-state index in [4.69, 9.17) is 0 Å². The number of aromatic nitrogens is 1. The molecular weight excluding hydrogens is 236 g/mol. The van der Waals surface area contributed by atoms with Crippen LogP contribution < -0.4 is 5.32 Å². The van der Waals surface area contributed by atoms with Crippen molar-refractivity contribution in [1.29, 1.82) is 0 Å². The van der Waals surface area contributed by atoms with Gasteiger partial charge in [-0.05, 0) is 30.7 Å². The van der Waals surface area contributed by atoms with Crippen LogP contribution in [0.1, 0.15) is 25.1 Å². The van der Waals surface area contributed by atoms with Crippen molar-refractivity contribution < 1.29 is 5.11 Å². The smallest absolute Gasteiger partial charge is 0.0705 e. The van der Waals surface area contributed by atoms with Gasteiger partial charge in [-0.15, -0.1) is 0 Å². The first-order chi connectivity index (χ1) is 9.00. The van der Waals surface area contributed by atoms with Gasteiger partial charge in [-0.25, -0.2) is 0 Å². The molecular formula is C16H22N2O. The lowest BCUT2D eigenvalue weighted by atomic mass is 9.95. The highest BCUT2D eigenvalue weighted by atomic mass is 16.3. The van der Waals surface area contributed by atoms with Gasteiger partial charge in [-0.1, -0.05) is 26.0 Å². The Bertz CT molecular complexity index is 564. The highest BCUT2D eigenvalue weighted by Gasteiger charge is 2.15. The Labute approximate surface area is 114 Å². The SMILES string of the molecule is Cc1ccc2cc(CNCC(C)(C)CO)ccc2n1. The fourth-order valence-electron chi connectivity index (χ4n) is 1.99.